The van der Waals surface area contributed by atoms with Crippen molar-refractivity contribution in [1.29, 1.82) is 0 Å². The highest BCUT2D eigenvalue weighted by Gasteiger charge is 2.18. The van der Waals surface area contributed by atoms with E-state index in [4.69, 9.17) is 4.98 Å². The highest BCUT2D eigenvalue weighted by atomic mass is 14.9. The lowest BCUT2D eigenvalue weighted by molar-refractivity contribution is 0.447. The number of nitrogens with one attached hydrogen (secondary N) is 1. The monoisotopic (exact) mass is 267 g/mol. The normalized spacial score (nSPS) is 19.0. The summed E-state index contributed by atoms with van der Waals surface area (Å²) in [6.45, 7) is 6.38. The van der Waals surface area contributed by atoms with Crippen molar-refractivity contribution >= 4 is 0 Å². The first kappa shape index (κ1) is 13.3. The number of nitrogens with zero attached hydrogens (tertiary/aromatic N) is 2. The van der Waals surface area contributed by atoms with E-state index >= 15 is 0 Å². The highest BCUT2D eigenvalue weighted by molar-refractivity contribution is 5.63. The molecule has 1 atom stereocenters. The molecule has 0 bridgehead atoms. The van der Waals surface area contributed by atoms with Crippen LogP contribution in [-0.4, -0.2) is 23.1 Å². The third kappa shape index (κ3) is 2.73. The lowest BCUT2D eigenvalue weighted by Crippen LogP contribution is -2.29. The van der Waals surface area contributed by atoms with Crippen LogP contribution in [-0.2, 0) is 0 Å². The maximum Gasteiger partial charge on any atom is 0.133 e. The lowest BCUT2D eigenvalue weighted by atomic mass is 9.98. The van der Waals surface area contributed by atoms with Gasteiger partial charge < -0.3 is 5.32 Å². The van der Waals surface area contributed by atoms with Crippen molar-refractivity contribution < 1.29 is 0 Å². The summed E-state index contributed by atoms with van der Waals surface area (Å²) >= 11 is 0. The van der Waals surface area contributed by atoms with Crippen LogP contribution < -0.4 is 5.32 Å². The number of benzene rings is 1. The van der Waals surface area contributed by atoms with E-state index in [1.54, 1.807) is 0 Å². The minimum atomic E-state index is 0.453. The zero-order chi connectivity index (χ0) is 13.9. The Labute approximate surface area is 120 Å². The van der Waals surface area contributed by atoms with E-state index < -0.39 is 0 Å². The number of hydrogen-bond acceptors (Lipinski definition) is 3. The molecule has 1 aromatic carbocycles. The van der Waals surface area contributed by atoms with Crippen LogP contribution in [0.3, 0.4) is 0 Å². The second kappa shape index (κ2) is 5.71. The molecule has 3 rings (SSSR count). The number of rotatable bonds is 2. The molecule has 104 valence electrons. The quantitative estimate of drug-likeness (QED) is 0.907. The molecule has 2 aromatic rings. The Morgan fingerprint density at radius 3 is 2.85 bits per heavy atom. The van der Waals surface area contributed by atoms with Crippen LogP contribution in [0, 0.1) is 13.8 Å². The maximum absolute atomic E-state index is 4.81. The predicted octanol–water partition coefficient (Wildman–Crippen LogP) is 3.23. The van der Waals surface area contributed by atoms with Gasteiger partial charge in [-0.15, -0.1) is 0 Å². The van der Waals surface area contributed by atoms with Crippen LogP contribution in [0.5, 0.6) is 0 Å². The van der Waals surface area contributed by atoms with Crippen molar-refractivity contribution in [2.24, 2.45) is 0 Å². The van der Waals surface area contributed by atoms with E-state index in [-0.39, 0.29) is 0 Å². The van der Waals surface area contributed by atoms with Crippen LogP contribution in [0.1, 0.15) is 35.7 Å². The first-order valence-corrected chi connectivity index (χ1v) is 7.35. The summed E-state index contributed by atoms with van der Waals surface area (Å²) in [5.41, 5.74) is 4.81. The molecule has 3 nitrogen and oxygen atoms in total. The SMILES string of the molecule is Cc1ccc(-c2ccnc(C3CCCNC3)n2)c(C)c1. The van der Waals surface area contributed by atoms with Crippen molar-refractivity contribution in [3.05, 3.63) is 47.4 Å². The molecule has 3 heteroatoms. The molecule has 1 aromatic heterocycles. The summed E-state index contributed by atoms with van der Waals surface area (Å²) in [5.74, 6) is 1.43. The van der Waals surface area contributed by atoms with E-state index in [1.165, 1.54) is 29.5 Å². The number of piperidine rings is 1. The van der Waals surface area contributed by atoms with Gasteiger partial charge in [-0.05, 0) is 44.9 Å². The lowest BCUT2D eigenvalue weighted by Gasteiger charge is -2.21. The van der Waals surface area contributed by atoms with Crippen LogP contribution in [0.2, 0.25) is 0 Å². The molecule has 1 saturated heterocycles. The Morgan fingerprint density at radius 2 is 2.10 bits per heavy atom. The summed E-state index contributed by atoms with van der Waals surface area (Å²) in [7, 11) is 0. The Hall–Kier alpha value is -1.74. The number of aryl methyl sites for hydroxylation is 2. The summed E-state index contributed by atoms with van der Waals surface area (Å²) in [4.78, 5) is 9.29. The Bertz CT molecular complexity index is 601. The average Bonchev–Trinajstić information content (AvgIpc) is 2.48. The molecular weight excluding hydrogens is 246 g/mol. The fraction of sp³-hybridized carbons (Fsp3) is 0.412. The fourth-order valence-corrected chi connectivity index (χ4v) is 2.89. The fourth-order valence-electron chi connectivity index (χ4n) is 2.89. The van der Waals surface area contributed by atoms with Crippen LogP contribution in [0.4, 0.5) is 0 Å². The molecule has 1 aliphatic heterocycles. The van der Waals surface area contributed by atoms with E-state index in [2.05, 4.69) is 42.3 Å². The standard InChI is InChI=1S/C17H21N3/c1-12-5-6-15(13(2)10-12)16-7-9-19-17(20-16)14-4-3-8-18-11-14/h5-7,9-10,14,18H,3-4,8,11H2,1-2H3. The van der Waals surface area contributed by atoms with Crippen LogP contribution >= 0.6 is 0 Å². The number of aromatic nitrogens is 2. The molecule has 1 unspecified atom stereocenters. The first-order chi connectivity index (χ1) is 9.74. The van der Waals surface area contributed by atoms with E-state index in [9.17, 15) is 0 Å². The van der Waals surface area contributed by atoms with Gasteiger partial charge in [0.25, 0.3) is 0 Å². The largest absolute Gasteiger partial charge is 0.316 e. The molecule has 0 spiro atoms. The average molecular weight is 267 g/mol. The van der Waals surface area contributed by atoms with Gasteiger partial charge in [-0.2, -0.15) is 0 Å². The molecule has 0 saturated carbocycles. The Balaban J connectivity index is 1.94. The maximum atomic E-state index is 4.81. The van der Waals surface area contributed by atoms with Gasteiger partial charge in [0.2, 0.25) is 0 Å². The van der Waals surface area contributed by atoms with Crippen molar-refractivity contribution in [3.8, 4) is 11.3 Å². The van der Waals surface area contributed by atoms with E-state index in [1.807, 2.05) is 12.3 Å². The Kier molecular flexibility index (Phi) is 3.79. The van der Waals surface area contributed by atoms with Gasteiger partial charge in [0, 0.05) is 24.2 Å². The molecule has 2 heterocycles. The first-order valence-electron chi connectivity index (χ1n) is 7.35. The second-order valence-corrected chi connectivity index (χ2v) is 5.66. The number of hydrogen-bond donors (Lipinski definition) is 1. The van der Waals surface area contributed by atoms with Gasteiger partial charge in [-0.3, -0.25) is 0 Å². The molecule has 0 aliphatic carbocycles. The summed E-state index contributed by atoms with van der Waals surface area (Å²) in [6.07, 6.45) is 4.29. The van der Waals surface area contributed by atoms with Crippen LogP contribution in [0.15, 0.2) is 30.5 Å². The third-order valence-corrected chi connectivity index (χ3v) is 3.99. The highest BCUT2D eigenvalue weighted by Crippen LogP contribution is 2.25. The topological polar surface area (TPSA) is 37.8 Å². The van der Waals surface area contributed by atoms with Crippen molar-refractivity contribution in [2.75, 3.05) is 13.1 Å². The molecule has 0 radical (unpaired) electrons. The van der Waals surface area contributed by atoms with Gasteiger partial charge in [0.1, 0.15) is 5.82 Å². The smallest absolute Gasteiger partial charge is 0.133 e. The van der Waals surface area contributed by atoms with Gasteiger partial charge in [0.05, 0.1) is 5.69 Å². The molecular formula is C17H21N3. The van der Waals surface area contributed by atoms with Gasteiger partial charge in [0.15, 0.2) is 0 Å². The molecule has 1 N–H and O–H groups in total. The zero-order valence-corrected chi connectivity index (χ0v) is 12.2. The van der Waals surface area contributed by atoms with Crippen molar-refractivity contribution in [1.82, 2.24) is 15.3 Å². The minimum absolute atomic E-state index is 0.453. The predicted molar refractivity (Wildman–Crippen MR) is 81.8 cm³/mol. The van der Waals surface area contributed by atoms with Gasteiger partial charge in [-0.1, -0.05) is 23.8 Å². The van der Waals surface area contributed by atoms with E-state index in [0.29, 0.717) is 5.92 Å². The molecule has 1 aliphatic rings. The second-order valence-electron chi connectivity index (χ2n) is 5.66. The van der Waals surface area contributed by atoms with Crippen LogP contribution in [0.25, 0.3) is 11.3 Å². The summed E-state index contributed by atoms with van der Waals surface area (Å²) < 4.78 is 0. The molecule has 20 heavy (non-hydrogen) atoms. The van der Waals surface area contributed by atoms with Gasteiger partial charge >= 0.3 is 0 Å². The molecule has 1 fully saturated rings. The summed E-state index contributed by atoms with van der Waals surface area (Å²) in [5, 5.41) is 3.43. The zero-order valence-electron chi connectivity index (χ0n) is 12.2. The van der Waals surface area contributed by atoms with E-state index in [0.717, 1.165) is 24.6 Å². The van der Waals surface area contributed by atoms with Gasteiger partial charge in [-0.25, -0.2) is 9.97 Å². The molecule has 0 amide bonds. The summed E-state index contributed by atoms with van der Waals surface area (Å²) in [6, 6.07) is 8.53. The van der Waals surface area contributed by atoms with Crippen molar-refractivity contribution in [3.63, 3.8) is 0 Å². The third-order valence-electron chi connectivity index (χ3n) is 3.99. The minimum Gasteiger partial charge on any atom is -0.316 e. The Morgan fingerprint density at radius 1 is 1.20 bits per heavy atom. The van der Waals surface area contributed by atoms with Crippen molar-refractivity contribution in [2.45, 2.75) is 32.6 Å².